The highest BCUT2D eigenvalue weighted by atomic mass is 32.2. The minimum Gasteiger partial charge on any atom is -0.341 e. The molecule has 1 aliphatic carbocycles. The maximum Gasteiger partial charge on any atom is 0.321 e. The van der Waals surface area contributed by atoms with Gasteiger partial charge in [0, 0.05) is 35.6 Å². The Hall–Kier alpha value is -5.56. The van der Waals surface area contributed by atoms with Gasteiger partial charge in [0.25, 0.3) is 15.9 Å². The van der Waals surface area contributed by atoms with Crippen LogP contribution in [0.5, 0.6) is 0 Å². The molecule has 1 atom stereocenters. The Bertz CT molecular complexity index is 2090. The first-order valence-corrected chi connectivity index (χ1v) is 18.4. The first-order valence-electron chi connectivity index (χ1n) is 16.9. The van der Waals surface area contributed by atoms with Gasteiger partial charge >= 0.3 is 6.03 Å². The number of benzene rings is 4. The average Bonchev–Trinajstić information content (AvgIpc) is 3.51. The van der Waals surface area contributed by atoms with Crippen LogP contribution in [0.15, 0.2) is 113 Å². The van der Waals surface area contributed by atoms with Gasteiger partial charge in [0.1, 0.15) is 12.4 Å². The number of halogens is 1. The fraction of sp³-hybridized carbons (Fsp3) is 0.263. The lowest BCUT2D eigenvalue weighted by Gasteiger charge is -2.29. The van der Waals surface area contributed by atoms with Crippen molar-refractivity contribution in [3.8, 4) is 0 Å². The van der Waals surface area contributed by atoms with Crippen LogP contribution in [0.3, 0.4) is 0 Å². The van der Waals surface area contributed by atoms with E-state index < -0.39 is 33.9 Å². The summed E-state index contributed by atoms with van der Waals surface area (Å²) >= 11 is 0. The Morgan fingerprint density at radius 3 is 2.12 bits per heavy atom. The highest BCUT2D eigenvalue weighted by molar-refractivity contribution is 7.92. The van der Waals surface area contributed by atoms with Crippen LogP contribution >= 0.6 is 0 Å². The van der Waals surface area contributed by atoms with Crippen LogP contribution in [0.25, 0.3) is 0 Å². The highest BCUT2D eigenvalue weighted by Crippen LogP contribution is 2.35. The van der Waals surface area contributed by atoms with E-state index in [1.807, 2.05) is 4.90 Å². The van der Waals surface area contributed by atoms with Crippen molar-refractivity contribution in [2.24, 2.45) is 16.8 Å². The second-order valence-corrected chi connectivity index (χ2v) is 14.8. The second kappa shape index (κ2) is 14.4. The van der Waals surface area contributed by atoms with Gasteiger partial charge in [-0.1, -0.05) is 54.6 Å². The summed E-state index contributed by atoms with van der Waals surface area (Å²) in [6.45, 7) is 0.981. The predicted octanol–water partition coefficient (Wildman–Crippen LogP) is 5.61. The number of aliphatic imine (C=N–C) groups is 1. The van der Waals surface area contributed by atoms with Gasteiger partial charge in [-0.25, -0.2) is 22.6 Å². The number of amides is 4. The number of anilines is 3. The Balaban J connectivity index is 1.18. The molecule has 8 rings (SSSR count). The largest absolute Gasteiger partial charge is 0.341 e. The smallest absolute Gasteiger partial charge is 0.321 e. The van der Waals surface area contributed by atoms with E-state index in [0.29, 0.717) is 41.9 Å². The van der Waals surface area contributed by atoms with Crippen molar-refractivity contribution in [2.45, 2.75) is 36.7 Å². The summed E-state index contributed by atoms with van der Waals surface area (Å²) in [6.07, 6.45) is 2.77. The lowest BCUT2D eigenvalue weighted by molar-refractivity contribution is -0.132. The number of nitrogens with one attached hydrogen (secondary N) is 3. The molecule has 0 radical (unpaired) electrons. The SMILES string of the molecule is O=C(Nc1cccc(S(=O)(=O)Nc2ccccc2)c1)NC1N=C(c2ccccc2F)c2ccccc2N(CC(=O)N2CC3CCC(CC3)C2)C1=O. The molecular weight excluding hydrogens is 672 g/mol. The highest BCUT2D eigenvalue weighted by Gasteiger charge is 2.37. The summed E-state index contributed by atoms with van der Waals surface area (Å²) in [5.74, 6) is -0.614. The zero-order valence-corrected chi connectivity index (χ0v) is 28.5. The summed E-state index contributed by atoms with van der Waals surface area (Å²) < 4.78 is 44.0. The normalized spacial score (nSPS) is 20.1. The molecule has 4 aromatic carbocycles. The maximum atomic E-state index is 15.3. The molecule has 262 valence electrons. The second-order valence-electron chi connectivity index (χ2n) is 13.1. The van der Waals surface area contributed by atoms with E-state index >= 15 is 4.39 Å². The van der Waals surface area contributed by atoms with Crippen molar-refractivity contribution in [1.82, 2.24) is 10.2 Å². The Morgan fingerprint density at radius 2 is 1.41 bits per heavy atom. The van der Waals surface area contributed by atoms with Crippen LogP contribution in [-0.4, -0.2) is 62.7 Å². The van der Waals surface area contributed by atoms with Gasteiger partial charge in [0.05, 0.1) is 16.3 Å². The van der Waals surface area contributed by atoms with Gasteiger partial charge < -0.3 is 15.5 Å². The zero-order valence-electron chi connectivity index (χ0n) is 27.7. The topological polar surface area (TPSA) is 140 Å². The third-order valence-corrected chi connectivity index (χ3v) is 11.0. The fourth-order valence-corrected chi connectivity index (χ4v) is 8.14. The van der Waals surface area contributed by atoms with Crippen molar-refractivity contribution in [2.75, 3.05) is 34.6 Å². The van der Waals surface area contributed by atoms with E-state index in [1.54, 1.807) is 66.7 Å². The van der Waals surface area contributed by atoms with E-state index in [1.165, 1.54) is 41.3 Å². The lowest BCUT2D eigenvalue weighted by atomic mass is 9.84. The monoisotopic (exact) mass is 708 g/mol. The molecule has 2 saturated heterocycles. The quantitative estimate of drug-likeness (QED) is 0.219. The number of benzodiazepines with no additional fused rings is 1. The molecule has 11 nitrogen and oxygen atoms in total. The van der Waals surface area contributed by atoms with Gasteiger partial charge in [-0.05, 0) is 86.1 Å². The molecule has 3 fully saturated rings. The molecule has 2 bridgehead atoms. The zero-order chi connectivity index (χ0) is 35.5. The van der Waals surface area contributed by atoms with Crippen molar-refractivity contribution in [1.29, 1.82) is 0 Å². The number of carbonyl (C=O) groups excluding carboxylic acids is 3. The number of rotatable bonds is 8. The molecule has 3 N–H and O–H groups in total. The maximum absolute atomic E-state index is 15.3. The molecule has 3 heterocycles. The molecule has 1 saturated carbocycles. The van der Waals surface area contributed by atoms with E-state index in [-0.39, 0.29) is 34.3 Å². The summed E-state index contributed by atoms with van der Waals surface area (Å²) in [5, 5.41) is 5.18. The molecule has 13 heteroatoms. The number of nitrogens with zero attached hydrogens (tertiary/aromatic N) is 3. The van der Waals surface area contributed by atoms with Gasteiger partial charge in [-0.15, -0.1) is 0 Å². The van der Waals surface area contributed by atoms with Gasteiger partial charge in [-0.3, -0.25) is 19.2 Å². The van der Waals surface area contributed by atoms with Crippen molar-refractivity contribution >= 4 is 50.6 Å². The number of carbonyl (C=O) groups is 3. The first kappa shape index (κ1) is 33.9. The van der Waals surface area contributed by atoms with Crippen LogP contribution in [0, 0.1) is 17.7 Å². The Morgan fingerprint density at radius 1 is 0.784 bits per heavy atom. The van der Waals surface area contributed by atoms with Gasteiger partial charge in [0.2, 0.25) is 12.1 Å². The van der Waals surface area contributed by atoms with Crippen LogP contribution < -0.4 is 20.3 Å². The van der Waals surface area contributed by atoms with Gasteiger partial charge in [-0.2, -0.15) is 0 Å². The average molecular weight is 709 g/mol. The number of hydrogen-bond acceptors (Lipinski definition) is 6. The van der Waals surface area contributed by atoms with Gasteiger partial charge in [0.15, 0.2) is 0 Å². The Kier molecular flexibility index (Phi) is 9.54. The summed E-state index contributed by atoms with van der Waals surface area (Å²) in [6, 6.07) is 26.0. The molecule has 4 aromatic rings. The number of fused-ring (bicyclic) bond motifs is 5. The lowest BCUT2D eigenvalue weighted by Crippen LogP contribution is -2.51. The third kappa shape index (κ3) is 7.48. The molecule has 3 aliphatic heterocycles. The number of sulfonamides is 1. The minimum absolute atomic E-state index is 0.100. The van der Waals surface area contributed by atoms with Crippen LogP contribution in [0.4, 0.5) is 26.2 Å². The van der Waals surface area contributed by atoms with Crippen molar-refractivity contribution in [3.05, 3.63) is 120 Å². The Labute approximate surface area is 295 Å². The number of urea groups is 1. The van der Waals surface area contributed by atoms with Crippen LogP contribution in [0.2, 0.25) is 0 Å². The summed E-state index contributed by atoms with van der Waals surface area (Å²) in [5.41, 5.74) is 1.54. The molecule has 0 spiro atoms. The first-order chi connectivity index (χ1) is 24.6. The molecule has 4 amide bonds. The molecule has 1 unspecified atom stereocenters. The molecular formula is C38H37FN6O5S. The predicted molar refractivity (Wildman–Crippen MR) is 192 cm³/mol. The fourth-order valence-electron chi connectivity index (χ4n) is 7.04. The standard InChI is InChI=1S/C38H37FN6O5S/c39-32-15-6-4-13-30(32)35-31-14-5-7-16-33(31)45(24-34(46)44-22-25-17-18-26(23-44)20-19-25)37(47)36(41-35)42-38(48)40-28-11-8-12-29(21-28)51(49,50)43-27-9-2-1-3-10-27/h1-16,21,25-26,36,43H,17-20,22-24H2,(H2,40,42,48). The molecule has 0 aromatic heterocycles. The van der Waals surface area contributed by atoms with E-state index in [0.717, 1.165) is 25.7 Å². The summed E-state index contributed by atoms with van der Waals surface area (Å²) in [7, 11) is -3.99. The third-order valence-electron chi connectivity index (χ3n) is 9.60. The van der Waals surface area contributed by atoms with E-state index in [4.69, 9.17) is 0 Å². The van der Waals surface area contributed by atoms with E-state index in [2.05, 4.69) is 20.3 Å². The van der Waals surface area contributed by atoms with Crippen LogP contribution in [-0.2, 0) is 19.6 Å². The van der Waals surface area contributed by atoms with E-state index in [9.17, 15) is 22.8 Å². The minimum atomic E-state index is -3.99. The summed E-state index contributed by atoms with van der Waals surface area (Å²) in [4.78, 5) is 49.4. The number of hydrogen-bond donors (Lipinski definition) is 3. The molecule has 51 heavy (non-hydrogen) atoms. The van der Waals surface area contributed by atoms with Crippen molar-refractivity contribution < 1.29 is 27.2 Å². The number of para-hydroxylation sites is 2. The molecule has 4 aliphatic rings. The van der Waals surface area contributed by atoms with Crippen molar-refractivity contribution in [3.63, 3.8) is 0 Å². The van der Waals surface area contributed by atoms with Crippen LogP contribution in [0.1, 0.15) is 36.8 Å².